The Labute approximate surface area is 135 Å². The molecule has 22 heavy (non-hydrogen) atoms. The molecule has 1 saturated heterocycles. The molecule has 1 aliphatic heterocycles. The molecule has 128 valence electrons. The molecule has 0 bridgehead atoms. The van der Waals surface area contributed by atoms with Gasteiger partial charge in [-0.2, -0.15) is 0 Å². The van der Waals surface area contributed by atoms with Gasteiger partial charge in [0.2, 0.25) is 11.6 Å². The second-order valence-electron chi connectivity index (χ2n) is 4.97. The second kappa shape index (κ2) is 8.38. The molecule has 0 spiro atoms. The summed E-state index contributed by atoms with van der Waals surface area (Å²) >= 11 is 0. The van der Waals surface area contributed by atoms with Crippen molar-refractivity contribution >= 4 is 8.56 Å². The van der Waals surface area contributed by atoms with E-state index in [9.17, 15) is 0 Å². The number of hydrogen-bond acceptors (Lipinski definition) is 5. The summed E-state index contributed by atoms with van der Waals surface area (Å²) in [6.07, 6.45) is 2.24. The van der Waals surface area contributed by atoms with Crippen LogP contribution in [0.25, 0.3) is 0 Å². The van der Waals surface area contributed by atoms with E-state index in [1.165, 1.54) is 0 Å². The van der Waals surface area contributed by atoms with E-state index in [4.69, 9.17) is 23.1 Å². The van der Waals surface area contributed by atoms with Crippen molar-refractivity contribution in [2.45, 2.75) is 51.7 Å². The molecule has 0 aromatic rings. The quantitative estimate of drug-likeness (QED) is 0.349. The summed E-state index contributed by atoms with van der Waals surface area (Å²) in [6.45, 7) is 17.5. The van der Waals surface area contributed by atoms with Gasteiger partial charge < -0.3 is 23.1 Å². The Kier molecular flexibility index (Phi) is 7.44. The lowest BCUT2D eigenvalue weighted by atomic mass is 10.0. The predicted molar refractivity (Wildman–Crippen MR) is 88.6 cm³/mol. The first-order chi connectivity index (χ1) is 10.5. The van der Waals surface area contributed by atoms with Gasteiger partial charge in [0.25, 0.3) is 0 Å². The molecule has 0 aliphatic carbocycles. The van der Waals surface area contributed by atoms with E-state index in [1.807, 2.05) is 27.7 Å². The zero-order valence-corrected chi connectivity index (χ0v) is 15.4. The average Bonchev–Trinajstić information content (AvgIpc) is 2.52. The van der Waals surface area contributed by atoms with Crippen LogP contribution in [0.2, 0.25) is 6.04 Å². The Hall–Kier alpha value is -0.503. The fraction of sp³-hybridized carbons (Fsp3) is 0.750. The molecule has 0 N–H and O–H groups in total. The first-order valence-corrected chi connectivity index (χ1v) is 10.2. The van der Waals surface area contributed by atoms with Crippen LogP contribution in [-0.4, -0.2) is 46.6 Å². The minimum Gasteiger partial charge on any atom is -0.392 e. The third kappa shape index (κ3) is 3.53. The van der Waals surface area contributed by atoms with Gasteiger partial charge >= 0.3 is 8.56 Å². The Bertz CT molecular complexity index is 370. The maximum atomic E-state index is 6.37. The second-order valence-corrected chi connectivity index (χ2v) is 8.00. The van der Waals surface area contributed by atoms with Gasteiger partial charge in [-0.1, -0.05) is 6.58 Å². The lowest BCUT2D eigenvalue weighted by Crippen LogP contribution is -2.68. The molecule has 1 fully saturated rings. The molecule has 6 heteroatoms. The van der Waals surface area contributed by atoms with E-state index < -0.39 is 20.1 Å². The van der Waals surface area contributed by atoms with Crippen molar-refractivity contribution in [2.24, 2.45) is 0 Å². The third-order valence-corrected chi connectivity index (χ3v) is 6.74. The van der Waals surface area contributed by atoms with E-state index in [2.05, 4.69) is 13.2 Å². The lowest BCUT2D eigenvalue weighted by Gasteiger charge is -2.53. The first kappa shape index (κ1) is 19.5. The van der Waals surface area contributed by atoms with Crippen molar-refractivity contribution in [1.29, 1.82) is 0 Å². The Morgan fingerprint density at radius 2 is 1.59 bits per heavy atom. The molecule has 2 atom stereocenters. The molecule has 0 amide bonds. The van der Waals surface area contributed by atoms with Gasteiger partial charge in [0.05, 0.1) is 0 Å². The normalized spacial score (nSPS) is 30.9. The van der Waals surface area contributed by atoms with Crippen LogP contribution in [0.4, 0.5) is 0 Å². The highest BCUT2D eigenvalue weighted by Crippen LogP contribution is 2.46. The molecule has 1 aliphatic rings. The standard InChI is InChI=1S/C16H30O5Si/c1-7-15(17-8-2)16(18-9-3,19-10-4)13-14-22(12-6,21-15)20-11-5/h7,12H,1,6,8-11,13-14H2,2-5H3. The van der Waals surface area contributed by atoms with Crippen molar-refractivity contribution in [1.82, 2.24) is 0 Å². The summed E-state index contributed by atoms with van der Waals surface area (Å²) < 4.78 is 30.2. The Morgan fingerprint density at radius 1 is 1.00 bits per heavy atom. The maximum Gasteiger partial charge on any atom is 0.367 e. The number of rotatable bonds is 10. The van der Waals surface area contributed by atoms with Gasteiger partial charge in [-0.25, -0.2) is 0 Å². The van der Waals surface area contributed by atoms with Gasteiger partial charge in [0.15, 0.2) is 0 Å². The lowest BCUT2D eigenvalue weighted by molar-refractivity contribution is -0.380. The molecule has 1 rings (SSSR count). The van der Waals surface area contributed by atoms with Crippen LogP contribution in [0, 0.1) is 0 Å². The van der Waals surface area contributed by atoms with Crippen LogP contribution in [0.1, 0.15) is 34.1 Å². The monoisotopic (exact) mass is 330 g/mol. The van der Waals surface area contributed by atoms with E-state index in [0.717, 1.165) is 0 Å². The minimum absolute atomic E-state index is 0.446. The van der Waals surface area contributed by atoms with E-state index in [1.54, 1.807) is 11.8 Å². The van der Waals surface area contributed by atoms with Gasteiger partial charge in [0.1, 0.15) is 0 Å². The molecule has 0 radical (unpaired) electrons. The van der Waals surface area contributed by atoms with Crippen LogP contribution in [0.15, 0.2) is 24.9 Å². The van der Waals surface area contributed by atoms with Gasteiger partial charge in [-0.05, 0) is 39.5 Å². The highest BCUT2D eigenvalue weighted by molar-refractivity contribution is 6.72. The summed E-state index contributed by atoms with van der Waals surface area (Å²) in [5.41, 5.74) is 1.80. The van der Waals surface area contributed by atoms with Crippen LogP contribution < -0.4 is 0 Å². The van der Waals surface area contributed by atoms with Crippen LogP contribution in [-0.2, 0) is 23.1 Å². The molecule has 0 aromatic heterocycles. The molecule has 0 saturated carbocycles. The average molecular weight is 330 g/mol. The molecule has 0 aromatic carbocycles. The van der Waals surface area contributed by atoms with E-state index in [-0.39, 0.29) is 0 Å². The van der Waals surface area contributed by atoms with Crippen molar-refractivity contribution in [3.05, 3.63) is 24.9 Å². The first-order valence-electron chi connectivity index (χ1n) is 8.06. The molecule has 2 unspecified atom stereocenters. The zero-order chi connectivity index (χ0) is 16.7. The van der Waals surface area contributed by atoms with Crippen LogP contribution in [0.5, 0.6) is 0 Å². The van der Waals surface area contributed by atoms with Crippen LogP contribution >= 0.6 is 0 Å². The van der Waals surface area contributed by atoms with Gasteiger partial charge in [-0.3, -0.25) is 0 Å². The predicted octanol–water partition coefficient (Wildman–Crippen LogP) is 3.30. The summed E-state index contributed by atoms with van der Waals surface area (Å²) in [6, 6.07) is 0.701. The smallest absolute Gasteiger partial charge is 0.367 e. The van der Waals surface area contributed by atoms with E-state index in [0.29, 0.717) is 38.9 Å². The van der Waals surface area contributed by atoms with Crippen LogP contribution in [0.3, 0.4) is 0 Å². The van der Waals surface area contributed by atoms with Gasteiger partial charge in [0, 0.05) is 38.9 Å². The topological polar surface area (TPSA) is 46.2 Å². The molecular formula is C16H30O5Si. The van der Waals surface area contributed by atoms with Gasteiger partial charge in [-0.15, -0.1) is 6.58 Å². The van der Waals surface area contributed by atoms with E-state index >= 15 is 0 Å². The fourth-order valence-electron chi connectivity index (χ4n) is 2.91. The molecule has 5 nitrogen and oxygen atoms in total. The highest BCUT2D eigenvalue weighted by Gasteiger charge is 2.63. The van der Waals surface area contributed by atoms with Crippen molar-refractivity contribution in [3.63, 3.8) is 0 Å². The summed E-state index contributed by atoms with van der Waals surface area (Å²) in [5.74, 6) is -2.20. The molecule has 1 heterocycles. The Balaban J connectivity index is 3.28. The number of ether oxygens (including phenoxy) is 3. The maximum absolute atomic E-state index is 6.37. The SMILES string of the molecule is C=CC1(OCC)O[Si](C=C)(OCC)CCC1(OCC)OCC. The highest BCUT2D eigenvalue weighted by atomic mass is 28.4. The number of hydrogen-bond donors (Lipinski definition) is 0. The van der Waals surface area contributed by atoms with Crippen molar-refractivity contribution in [3.8, 4) is 0 Å². The van der Waals surface area contributed by atoms with Crippen molar-refractivity contribution < 1.29 is 23.1 Å². The Morgan fingerprint density at radius 3 is 2.00 bits per heavy atom. The third-order valence-electron chi connectivity index (χ3n) is 3.74. The molecular weight excluding hydrogens is 300 g/mol. The summed E-state index contributed by atoms with van der Waals surface area (Å²) in [5, 5.41) is 0. The minimum atomic E-state index is -2.59. The largest absolute Gasteiger partial charge is 0.392 e. The summed E-state index contributed by atoms with van der Waals surface area (Å²) in [7, 11) is -2.59. The fourth-order valence-corrected chi connectivity index (χ4v) is 5.60. The van der Waals surface area contributed by atoms with Crippen molar-refractivity contribution in [2.75, 3.05) is 26.4 Å². The summed E-state index contributed by atoms with van der Waals surface area (Å²) in [4.78, 5) is 0. The zero-order valence-electron chi connectivity index (χ0n) is 14.4.